The maximum absolute atomic E-state index is 13.0. The van der Waals surface area contributed by atoms with E-state index in [4.69, 9.17) is 16.3 Å². The summed E-state index contributed by atoms with van der Waals surface area (Å²) in [6.07, 6.45) is -3.21. The van der Waals surface area contributed by atoms with Crippen molar-refractivity contribution in [2.75, 3.05) is 12.4 Å². The van der Waals surface area contributed by atoms with Gasteiger partial charge in [-0.1, -0.05) is 11.6 Å². The molecule has 0 spiro atoms. The molecule has 0 aliphatic rings. The van der Waals surface area contributed by atoms with E-state index in [0.717, 1.165) is 6.07 Å². The summed E-state index contributed by atoms with van der Waals surface area (Å²) in [6.45, 7) is 0. The highest BCUT2D eigenvalue weighted by molar-refractivity contribution is 6.31. The molecule has 0 aliphatic carbocycles. The molecular formula is C16H11ClF3N3O. The van der Waals surface area contributed by atoms with Crippen molar-refractivity contribution >= 4 is 34.0 Å². The van der Waals surface area contributed by atoms with Gasteiger partial charge in [-0.15, -0.1) is 0 Å². The van der Waals surface area contributed by atoms with E-state index in [2.05, 4.69) is 15.3 Å². The van der Waals surface area contributed by atoms with Gasteiger partial charge in [0.25, 0.3) is 0 Å². The van der Waals surface area contributed by atoms with Crippen LogP contribution in [0.4, 0.5) is 24.7 Å². The molecule has 0 saturated heterocycles. The van der Waals surface area contributed by atoms with Crippen LogP contribution < -0.4 is 10.1 Å². The van der Waals surface area contributed by atoms with Crippen molar-refractivity contribution in [1.29, 1.82) is 0 Å². The van der Waals surface area contributed by atoms with E-state index in [1.165, 1.54) is 25.6 Å². The molecule has 8 heteroatoms. The van der Waals surface area contributed by atoms with Crippen molar-refractivity contribution in [2.45, 2.75) is 6.18 Å². The maximum atomic E-state index is 13.0. The van der Waals surface area contributed by atoms with E-state index < -0.39 is 11.7 Å². The number of aromatic nitrogens is 2. The molecule has 0 unspecified atom stereocenters. The number of hydrogen-bond acceptors (Lipinski definition) is 4. The SMILES string of the molecule is COc1ccc2c(Nc3ccc(Cl)c(C(F)(F)F)c3)ncnc2c1. The normalized spacial score (nSPS) is 11.5. The first-order chi connectivity index (χ1) is 11.4. The average Bonchev–Trinajstić information content (AvgIpc) is 2.55. The van der Waals surface area contributed by atoms with Gasteiger partial charge in [-0.2, -0.15) is 13.2 Å². The van der Waals surface area contributed by atoms with Crippen molar-refractivity contribution in [3.63, 3.8) is 0 Å². The van der Waals surface area contributed by atoms with E-state index in [-0.39, 0.29) is 10.7 Å². The molecule has 0 atom stereocenters. The lowest BCUT2D eigenvalue weighted by atomic mass is 10.1. The molecule has 0 amide bonds. The lowest BCUT2D eigenvalue weighted by Gasteiger charge is -2.13. The van der Waals surface area contributed by atoms with Crippen LogP contribution in [0.5, 0.6) is 5.75 Å². The Kier molecular flexibility index (Phi) is 4.19. The minimum absolute atomic E-state index is 0.225. The zero-order valence-electron chi connectivity index (χ0n) is 12.4. The topological polar surface area (TPSA) is 47.0 Å². The van der Waals surface area contributed by atoms with Crippen LogP contribution in [-0.2, 0) is 6.18 Å². The fraction of sp³-hybridized carbons (Fsp3) is 0.125. The summed E-state index contributed by atoms with van der Waals surface area (Å²) in [4.78, 5) is 8.23. The Morgan fingerprint density at radius 2 is 1.88 bits per heavy atom. The molecule has 1 N–H and O–H groups in total. The van der Waals surface area contributed by atoms with Crippen LogP contribution in [0.2, 0.25) is 5.02 Å². The fourth-order valence-corrected chi connectivity index (χ4v) is 2.45. The van der Waals surface area contributed by atoms with Gasteiger partial charge in [0, 0.05) is 17.1 Å². The van der Waals surface area contributed by atoms with Crippen LogP contribution in [0, 0.1) is 0 Å². The number of fused-ring (bicyclic) bond motifs is 1. The quantitative estimate of drug-likeness (QED) is 0.715. The van der Waals surface area contributed by atoms with Gasteiger partial charge in [0.1, 0.15) is 17.9 Å². The Balaban J connectivity index is 2.01. The number of rotatable bonds is 3. The standard InChI is InChI=1S/C16H11ClF3N3O/c1-24-10-3-4-11-14(7-10)21-8-22-15(11)23-9-2-5-13(17)12(6-9)16(18,19)20/h2-8H,1H3,(H,21,22,23). The van der Waals surface area contributed by atoms with Crippen LogP contribution in [0.1, 0.15) is 5.56 Å². The van der Waals surface area contributed by atoms with E-state index in [0.29, 0.717) is 22.5 Å². The number of alkyl halides is 3. The summed E-state index contributed by atoms with van der Waals surface area (Å²) in [5.41, 5.74) is -0.0754. The Hall–Kier alpha value is -2.54. The average molecular weight is 354 g/mol. The van der Waals surface area contributed by atoms with Crippen molar-refractivity contribution in [1.82, 2.24) is 9.97 Å². The third-order valence-corrected chi connectivity index (χ3v) is 3.71. The van der Waals surface area contributed by atoms with Gasteiger partial charge in [-0.3, -0.25) is 0 Å². The molecule has 1 aromatic heterocycles. The molecule has 4 nitrogen and oxygen atoms in total. The molecule has 3 rings (SSSR count). The molecule has 0 aliphatic heterocycles. The first-order valence-electron chi connectivity index (χ1n) is 6.81. The second-order valence-electron chi connectivity index (χ2n) is 4.92. The summed E-state index contributed by atoms with van der Waals surface area (Å²) in [5.74, 6) is 1.01. The highest BCUT2D eigenvalue weighted by Crippen LogP contribution is 2.37. The van der Waals surface area contributed by atoms with Crippen LogP contribution >= 0.6 is 11.6 Å². The number of nitrogens with zero attached hydrogens (tertiary/aromatic N) is 2. The Morgan fingerprint density at radius 3 is 2.58 bits per heavy atom. The molecule has 0 bridgehead atoms. The number of benzene rings is 2. The molecule has 0 radical (unpaired) electrons. The summed E-state index contributed by atoms with van der Waals surface area (Å²) in [5, 5.41) is 3.17. The largest absolute Gasteiger partial charge is 0.497 e. The van der Waals surface area contributed by atoms with Gasteiger partial charge in [0.05, 0.1) is 23.2 Å². The number of anilines is 2. The van der Waals surface area contributed by atoms with Crippen LogP contribution in [0.25, 0.3) is 10.9 Å². The van der Waals surface area contributed by atoms with Crippen molar-refractivity contribution in [3.05, 3.63) is 53.3 Å². The predicted octanol–water partition coefficient (Wildman–Crippen LogP) is 5.05. The van der Waals surface area contributed by atoms with Crippen LogP contribution in [-0.4, -0.2) is 17.1 Å². The van der Waals surface area contributed by atoms with Gasteiger partial charge in [-0.05, 0) is 30.3 Å². The molecule has 1 heterocycles. The molecule has 24 heavy (non-hydrogen) atoms. The highest BCUT2D eigenvalue weighted by atomic mass is 35.5. The lowest BCUT2D eigenvalue weighted by molar-refractivity contribution is -0.137. The van der Waals surface area contributed by atoms with E-state index in [1.54, 1.807) is 18.2 Å². The van der Waals surface area contributed by atoms with Crippen LogP contribution in [0.15, 0.2) is 42.7 Å². The number of ether oxygens (including phenoxy) is 1. The Bertz CT molecular complexity index is 899. The number of hydrogen-bond donors (Lipinski definition) is 1. The Labute approximate surface area is 140 Å². The first-order valence-corrected chi connectivity index (χ1v) is 7.19. The second kappa shape index (κ2) is 6.16. The monoisotopic (exact) mass is 353 g/mol. The zero-order chi connectivity index (χ0) is 17.3. The molecule has 124 valence electrons. The maximum Gasteiger partial charge on any atom is 0.417 e. The third kappa shape index (κ3) is 3.21. The first kappa shape index (κ1) is 16.3. The van der Waals surface area contributed by atoms with E-state index >= 15 is 0 Å². The van der Waals surface area contributed by atoms with Crippen molar-refractivity contribution in [2.24, 2.45) is 0 Å². The lowest BCUT2D eigenvalue weighted by Crippen LogP contribution is -2.06. The number of halogens is 4. The summed E-state index contributed by atoms with van der Waals surface area (Å²) >= 11 is 5.62. The highest BCUT2D eigenvalue weighted by Gasteiger charge is 2.33. The fourth-order valence-electron chi connectivity index (χ4n) is 2.22. The van der Waals surface area contributed by atoms with Crippen molar-refractivity contribution in [3.8, 4) is 5.75 Å². The second-order valence-corrected chi connectivity index (χ2v) is 5.33. The van der Waals surface area contributed by atoms with Gasteiger partial charge in [-0.25, -0.2) is 9.97 Å². The summed E-state index contributed by atoms with van der Waals surface area (Å²) in [7, 11) is 1.54. The number of nitrogens with one attached hydrogen (secondary N) is 1. The molecular weight excluding hydrogens is 343 g/mol. The van der Waals surface area contributed by atoms with Gasteiger partial charge >= 0.3 is 6.18 Å². The summed E-state index contributed by atoms with van der Waals surface area (Å²) in [6, 6.07) is 8.76. The van der Waals surface area contributed by atoms with Crippen LogP contribution in [0.3, 0.4) is 0 Å². The Morgan fingerprint density at radius 1 is 1.08 bits per heavy atom. The minimum atomic E-state index is -4.53. The molecule has 3 aromatic rings. The predicted molar refractivity (Wildman–Crippen MR) is 85.8 cm³/mol. The third-order valence-electron chi connectivity index (χ3n) is 3.38. The van der Waals surface area contributed by atoms with E-state index in [9.17, 15) is 13.2 Å². The molecule has 0 fully saturated rings. The minimum Gasteiger partial charge on any atom is -0.497 e. The van der Waals surface area contributed by atoms with E-state index in [1.807, 2.05) is 0 Å². The zero-order valence-corrected chi connectivity index (χ0v) is 13.1. The number of methoxy groups -OCH3 is 1. The van der Waals surface area contributed by atoms with Gasteiger partial charge < -0.3 is 10.1 Å². The molecule has 0 saturated carbocycles. The van der Waals surface area contributed by atoms with Crippen molar-refractivity contribution < 1.29 is 17.9 Å². The van der Waals surface area contributed by atoms with Gasteiger partial charge in [0.2, 0.25) is 0 Å². The smallest absolute Gasteiger partial charge is 0.417 e. The van der Waals surface area contributed by atoms with Gasteiger partial charge in [0.15, 0.2) is 0 Å². The summed E-state index contributed by atoms with van der Waals surface area (Å²) < 4.78 is 44.0. The molecule has 2 aromatic carbocycles.